The Bertz CT molecular complexity index is 1160. The molecule has 1 aliphatic rings. The zero-order valence-corrected chi connectivity index (χ0v) is 16.9. The predicted octanol–water partition coefficient (Wildman–Crippen LogP) is 3.72. The van der Waals surface area contributed by atoms with Gasteiger partial charge in [-0.05, 0) is 43.9 Å². The Morgan fingerprint density at radius 3 is 2.83 bits per heavy atom. The van der Waals surface area contributed by atoms with Crippen LogP contribution in [0.3, 0.4) is 0 Å². The molecular formula is C20H21ClN6O2. The van der Waals surface area contributed by atoms with E-state index < -0.39 is 0 Å². The van der Waals surface area contributed by atoms with E-state index in [9.17, 15) is 9.59 Å². The first-order valence-corrected chi connectivity index (χ1v) is 9.90. The van der Waals surface area contributed by atoms with Crippen molar-refractivity contribution in [1.82, 2.24) is 25.1 Å². The number of carbonyl (C=O) groups is 1. The second-order valence-corrected chi connectivity index (χ2v) is 7.35. The number of fused-ring (bicyclic) bond motifs is 1. The first kappa shape index (κ1) is 19.2. The zero-order valence-electron chi connectivity index (χ0n) is 16.1. The number of hydrogen-bond donors (Lipinski definition) is 3. The van der Waals surface area contributed by atoms with Gasteiger partial charge in [0.1, 0.15) is 5.82 Å². The monoisotopic (exact) mass is 412 g/mol. The molecule has 0 bridgehead atoms. The Labute approximate surface area is 172 Å². The molecule has 2 amide bonds. The topological polar surface area (TPSA) is 105 Å². The molecule has 1 fully saturated rings. The van der Waals surface area contributed by atoms with Gasteiger partial charge in [0.25, 0.3) is 5.56 Å². The van der Waals surface area contributed by atoms with E-state index in [1.54, 1.807) is 12.1 Å². The molecule has 1 aliphatic carbocycles. The van der Waals surface area contributed by atoms with Crippen LogP contribution < -0.4 is 16.2 Å². The number of carbonyl (C=O) groups excluding carboxylic acids is 1. The number of nitrogens with one attached hydrogen (secondary N) is 3. The third-order valence-corrected chi connectivity index (χ3v) is 5.18. The van der Waals surface area contributed by atoms with Crippen molar-refractivity contribution in [3.63, 3.8) is 0 Å². The maximum Gasteiger partial charge on any atom is 0.320 e. The van der Waals surface area contributed by atoms with Crippen LogP contribution in [0, 0.1) is 5.92 Å². The number of urea groups is 1. The summed E-state index contributed by atoms with van der Waals surface area (Å²) in [5.74, 6) is 1.36. The fraction of sp³-hybridized carbons (Fsp3) is 0.300. The number of hydrogen-bond acceptors (Lipinski definition) is 4. The first-order valence-electron chi connectivity index (χ1n) is 9.52. The molecule has 0 spiro atoms. The Balaban J connectivity index is 1.86. The van der Waals surface area contributed by atoms with Crippen LogP contribution in [0.4, 0.5) is 10.6 Å². The minimum absolute atomic E-state index is 0.269. The van der Waals surface area contributed by atoms with Crippen LogP contribution in [0.1, 0.15) is 32.3 Å². The normalized spacial score (nSPS) is 16.9. The van der Waals surface area contributed by atoms with Crippen molar-refractivity contribution in [2.24, 2.45) is 5.92 Å². The minimum atomic E-state index is -0.344. The summed E-state index contributed by atoms with van der Waals surface area (Å²) in [6.45, 7) is 4.48. The summed E-state index contributed by atoms with van der Waals surface area (Å²) in [4.78, 5) is 33.6. The average molecular weight is 413 g/mol. The lowest BCUT2D eigenvalue weighted by Gasteiger charge is -2.08. The van der Waals surface area contributed by atoms with Crippen molar-refractivity contribution in [2.75, 3.05) is 11.9 Å². The van der Waals surface area contributed by atoms with E-state index in [0.717, 1.165) is 12.8 Å². The van der Waals surface area contributed by atoms with E-state index in [-0.39, 0.29) is 11.6 Å². The van der Waals surface area contributed by atoms with Crippen molar-refractivity contribution in [3.8, 4) is 5.82 Å². The molecule has 0 saturated heterocycles. The summed E-state index contributed by atoms with van der Waals surface area (Å²) in [5.41, 5.74) is 2.29. The lowest BCUT2D eigenvalue weighted by molar-refractivity contribution is 0.252. The van der Waals surface area contributed by atoms with Crippen LogP contribution in [0.5, 0.6) is 0 Å². The van der Waals surface area contributed by atoms with E-state index in [1.807, 2.05) is 13.0 Å². The van der Waals surface area contributed by atoms with Crippen LogP contribution in [0.2, 0.25) is 5.02 Å². The predicted molar refractivity (Wildman–Crippen MR) is 114 cm³/mol. The van der Waals surface area contributed by atoms with E-state index in [4.69, 9.17) is 11.6 Å². The smallest absolute Gasteiger partial charge is 0.320 e. The first-order chi connectivity index (χ1) is 14.0. The van der Waals surface area contributed by atoms with E-state index in [1.165, 1.54) is 22.6 Å². The lowest BCUT2D eigenvalue weighted by atomic mass is 10.1. The molecule has 3 aromatic rings. The maximum atomic E-state index is 12.9. The molecule has 1 saturated carbocycles. The van der Waals surface area contributed by atoms with Crippen molar-refractivity contribution in [2.45, 2.75) is 26.7 Å². The average Bonchev–Trinajstić information content (AvgIpc) is 3.38. The van der Waals surface area contributed by atoms with Gasteiger partial charge in [-0.1, -0.05) is 24.1 Å². The molecule has 8 nitrogen and oxygen atoms in total. The molecule has 29 heavy (non-hydrogen) atoms. The fourth-order valence-electron chi connectivity index (χ4n) is 3.30. The highest BCUT2D eigenvalue weighted by Gasteiger charge is 2.28. The van der Waals surface area contributed by atoms with Crippen molar-refractivity contribution in [1.29, 1.82) is 0 Å². The third kappa shape index (κ3) is 3.75. The van der Waals surface area contributed by atoms with E-state index in [0.29, 0.717) is 45.6 Å². The van der Waals surface area contributed by atoms with Crippen LogP contribution in [-0.4, -0.2) is 32.3 Å². The zero-order chi connectivity index (χ0) is 20.5. The summed E-state index contributed by atoms with van der Waals surface area (Å²) in [5, 5.41) is 9.50. The van der Waals surface area contributed by atoms with Gasteiger partial charge in [0.05, 0.1) is 15.9 Å². The number of halogens is 1. The standard InChI is InChI=1S/C20H21ClN6O2/c1-3-11-7-12(11)8-14-17-15(10-24-18(14)25-20(29)22-4-2)19(28)27(26-17)16-6-5-13(21)9-23-16/h5-6,8-11,26H,3-4,7H2,1-2H3,(H2,22,24,25,29). The molecule has 0 radical (unpaired) electrons. The number of nitrogens with zero attached hydrogens (tertiary/aromatic N) is 3. The van der Waals surface area contributed by atoms with Gasteiger partial charge in [-0.2, -0.15) is 0 Å². The summed E-state index contributed by atoms with van der Waals surface area (Å²) in [6, 6.07) is 2.98. The number of rotatable bonds is 5. The molecule has 1 unspecified atom stereocenters. The summed E-state index contributed by atoms with van der Waals surface area (Å²) >= 11 is 5.91. The van der Waals surface area contributed by atoms with Gasteiger partial charge in [0, 0.05) is 24.5 Å². The lowest BCUT2D eigenvalue weighted by Crippen LogP contribution is -2.29. The number of aromatic amines is 1. The molecule has 9 heteroatoms. The van der Waals surface area contributed by atoms with Gasteiger partial charge in [-0.25, -0.2) is 19.4 Å². The van der Waals surface area contributed by atoms with Crippen molar-refractivity contribution >= 4 is 40.4 Å². The highest BCUT2D eigenvalue weighted by molar-refractivity contribution is 6.30. The minimum Gasteiger partial charge on any atom is -0.338 e. The summed E-state index contributed by atoms with van der Waals surface area (Å²) in [6.07, 6.45) is 7.03. The Hall–Kier alpha value is -3.13. The molecule has 0 aromatic carbocycles. The Kier molecular flexibility index (Phi) is 5.10. The van der Waals surface area contributed by atoms with Crippen molar-refractivity contribution in [3.05, 3.63) is 51.0 Å². The van der Waals surface area contributed by atoms with Crippen molar-refractivity contribution < 1.29 is 4.79 Å². The van der Waals surface area contributed by atoms with Crippen LogP contribution >= 0.6 is 11.6 Å². The second kappa shape index (κ2) is 7.71. The number of anilines is 1. The second-order valence-electron chi connectivity index (χ2n) is 6.91. The third-order valence-electron chi connectivity index (χ3n) is 4.95. The van der Waals surface area contributed by atoms with Gasteiger partial charge < -0.3 is 5.32 Å². The van der Waals surface area contributed by atoms with Gasteiger partial charge in [0.2, 0.25) is 0 Å². The number of aromatic nitrogens is 4. The number of amides is 2. The Morgan fingerprint density at radius 1 is 1.34 bits per heavy atom. The molecule has 150 valence electrons. The molecule has 3 aromatic heterocycles. The molecule has 0 aliphatic heterocycles. The SMILES string of the molecule is CCNC(=O)Nc1ncc2c(=O)n(-c3ccc(Cl)cn3)[nH]c2c1C=C1CC1CC. The molecular weight excluding hydrogens is 392 g/mol. The highest BCUT2D eigenvalue weighted by atomic mass is 35.5. The Morgan fingerprint density at radius 2 is 2.17 bits per heavy atom. The van der Waals surface area contributed by atoms with Crippen LogP contribution in [0.15, 0.2) is 34.9 Å². The molecule has 3 N–H and O–H groups in total. The largest absolute Gasteiger partial charge is 0.338 e. The molecule has 4 rings (SSSR count). The quantitative estimate of drug-likeness (QED) is 0.594. The van der Waals surface area contributed by atoms with Crippen LogP contribution in [0.25, 0.3) is 22.8 Å². The molecule has 3 heterocycles. The van der Waals surface area contributed by atoms with E-state index >= 15 is 0 Å². The van der Waals surface area contributed by atoms with Gasteiger partial charge in [0.15, 0.2) is 5.82 Å². The number of allylic oxidation sites excluding steroid dienone is 1. The number of H-pyrrole nitrogens is 1. The fourth-order valence-corrected chi connectivity index (χ4v) is 3.41. The highest BCUT2D eigenvalue weighted by Crippen LogP contribution is 2.42. The van der Waals surface area contributed by atoms with Crippen LogP contribution in [-0.2, 0) is 0 Å². The van der Waals surface area contributed by atoms with Gasteiger partial charge >= 0.3 is 6.03 Å². The van der Waals surface area contributed by atoms with Gasteiger partial charge in [-0.15, -0.1) is 0 Å². The number of pyridine rings is 2. The maximum absolute atomic E-state index is 12.9. The van der Waals surface area contributed by atoms with Gasteiger partial charge in [-0.3, -0.25) is 15.2 Å². The summed E-state index contributed by atoms with van der Waals surface area (Å²) < 4.78 is 1.35. The summed E-state index contributed by atoms with van der Waals surface area (Å²) in [7, 11) is 0. The molecule has 1 atom stereocenters. The van der Waals surface area contributed by atoms with E-state index in [2.05, 4.69) is 32.6 Å².